The molecule has 1 heteroatoms. The van der Waals surface area contributed by atoms with Gasteiger partial charge in [-0.25, -0.2) is 0 Å². The maximum absolute atomic E-state index is 2.56. The standard InChI is InChI=1S/C73H63N/c1-69(2,3)48-31-35-52(36-32-48)72(50-21-11-9-12-22-50)64-29-19-16-26-58(64)61-43-40-55(46-67(61)72)74(54-39-42-60-57-25-15-18-28-63(57)71(7,8)66(60)45-54)56-41-44-62-59-27-17-20-30-65(59)73(68(62)47-56,51-23-13-10-14-24-51)53-37-33-49(34-38-53)70(4,5)6/h9-47H,1-8H3. The lowest BCUT2D eigenvalue weighted by atomic mass is 9.67. The predicted molar refractivity (Wildman–Crippen MR) is 311 cm³/mol. The second-order valence-corrected chi connectivity index (χ2v) is 23.7. The highest BCUT2D eigenvalue weighted by molar-refractivity contribution is 5.93. The highest BCUT2D eigenvalue weighted by atomic mass is 15.1. The highest BCUT2D eigenvalue weighted by Crippen LogP contribution is 2.60. The molecule has 13 rings (SSSR count). The zero-order valence-electron chi connectivity index (χ0n) is 44.0. The number of fused-ring (bicyclic) bond motifs is 9. The molecule has 0 aliphatic heterocycles. The number of hydrogen-bond donors (Lipinski definition) is 0. The second kappa shape index (κ2) is 16.5. The van der Waals surface area contributed by atoms with E-state index in [1.165, 1.54) is 100 Å². The van der Waals surface area contributed by atoms with E-state index in [0.717, 1.165) is 17.1 Å². The summed E-state index contributed by atoms with van der Waals surface area (Å²) in [6, 6.07) is 90.6. The Labute approximate surface area is 438 Å². The molecule has 3 aliphatic rings. The molecule has 360 valence electrons. The Morgan fingerprint density at radius 3 is 0.959 bits per heavy atom. The van der Waals surface area contributed by atoms with Crippen LogP contribution in [0.4, 0.5) is 17.1 Å². The summed E-state index contributed by atoms with van der Waals surface area (Å²) >= 11 is 0. The molecule has 3 aliphatic carbocycles. The first-order valence-electron chi connectivity index (χ1n) is 26.6. The normalized spacial score (nSPS) is 17.7. The van der Waals surface area contributed by atoms with Crippen LogP contribution in [0.5, 0.6) is 0 Å². The largest absolute Gasteiger partial charge is 0.310 e. The van der Waals surface area contributed by atoms with Gasteiger partial charge in [0.25, 0.3) is 0 Å². The summed E-state index contributed by atoms with van der Waals surface area (Å²) in [5, 5.41) is 0. The third-order valence-corrected chi connectivity index (χ3v) is 17.2. The summed E-state index contributed by atoms with van der Waals surface area (Å²) in [5.74, 6) is 0. The first-order chi connectivity index (χ1) is 35.7. The SMILES string of the molecule is CC(C)(C)c1ccc(C2(c3ccccc3)c3ccccc3-c3ccc(N(c4ccc5c(c4)C(C)(C)c4ccccc4-5)c4ccc5c(c4)C(c4ccccc4)(c4ccc(C(C)(C)C)cc4)c4ccccc4-5)cc32)cc1. The predicted octanol–water partition coefficient (Wildman–Crippen LogP) is 18.8. The average molecular weight is 954 g/mol. The van der Waals surface area contributed by atoms with Crippen LogP contribution >= 0.6 is 0 Å². The lowest BCUT2D eigenvalue weighted by molar-refractivity contribution is 0.589. The topological polar surface area (TPSA) is 3.24 Å². The summed E-state index contributed by atoms with van der Waals surface area (Å²) in [5.41, 5.74) is 25.4. The molecule has 0 spiro atoms. The monoisotopic (exact) mass is 953 g/mol. The van der Waals surface area contributed by atoms with E-state index in [1.54, 1.807) is 0 Å². The molecule has 0 bridgehead atoms. The molecule has 1 nitrogen and oxygen atoms in total. The molecule has 74 heavy (non-hydrogen) atoms. The first kappa shape index (κ1) is 45.8. The zero-order chi connectivity index (χ0) is 50.8. The van der Waals surface area contributed by atoms with Crippen LogP contribution in [0.25, 0.3) is 33.4 Å². The van der Waals surface area contributed by atoms with Crippen molar-refractivity contribution in [2.24, 2.45) is 0 Å². The molecule has 2 atom stereocenters. The molecule has 0 heterocycles. The van der Waals surface area contributed by atoms with Crippen molar-refractivity contribution in [1.82, 2.24) is 0 Å². The molecule has 0 saturated carbocycles. The molecule has 0 radical (unpaired) electrons. The second-order valence-electron chi connectivity index (χ2n) is 23.7. The van der Waals surface area contributed by atoms with E-state index in [4.69, 9.17) is 0 Å². The van der Waals surface area contributed by atoms with Gasteiger partial charge in [0.05, 0.1) is 10.8 Å². The fourth-order valence-corrected chi connectivity index (χ4v) is 13.5. The van der Waals surface area contributed by atoms with Gasteiger partial charge in [0.2, 0.25) is 0 Å². The van der Waals surface area contributed by atoms with Gasteiger partial charge >= 0.3 is 0 Å². The van der Waals surface area contributed by atoms with Gasteiger partial charge < -0.3 is 4.90 Å². The summed E-state index contributed by atoms with van der Waals surface area (Å²) in [6.07, 6.45) is 0. The maximum atomic E-state index is 2.56. The van der Waals surface area contributed by atoms with E-state index in [1.807, 2.05) is 0 Å². The molecule has 0 amide bonds. The van der Waals surface area contributed by atoms with E-state index in [9.17, 15) is 0 Å². The van der Waals surface area contributed by atoms with Crippen molar-refractivity contribution in [3.05, 3.63) is 303 Å². The number of hydrogen-bond acceptors (Lipinski definition) is 1. The van der Waals surface area contributed by atoms with E-state index >= 15 is 0 Å². The van der Waals surface area contributed by atoms with Crippen molar-refractivity contribution >= 4 is 17.1 Å². The molecule has 10 aromatic carbocycles. The minimum atomic E-state index is -0.575. The van der Waals surface area contributed by atoms with E-state index in [2.05, 4.69) is 297 Å². The van der Waals surface area contributed by atoms with Crippen LogP contribution in [0, 0.1) is 0 Å². The van der Waals surface area contributed by atoms with Crippen LogP contribution in [0.2, 0.25) is 0 Å². The maximum Gasteiger partial charge on any atom is 0.0714 e. The Kier molecular flexibility index (Phi) is 10.2. The minimum Gasteiger partial charge on any atom is -0.310 e. The van der Waals surface area contributed by atoms with Gasteiger partial charge in [-0.1, -0.05) is 256 Å². The summed E-state index contributed by atoms with van der Waals surface area (Å²) < 4.78 is 0. The summed E-state index contributed by atoms with van der Waals surface area (Å²) in [4.78, 5) is 2.56. The van der Waals surface area contributed by atoms with E-state index in [-0.39, 0.29) is 16.2 Å². The molecule has 10 aromatic rings. The van der Waals surface area contributed by atoms with Crippen LogP contribution in [0.3, 0.4) is 0 Å². The Balaban J connectivity index is 1.09. The lowest BCUT2D eigenvalue weighted by Gasteiger charge is -2.36. The number of nitrogens with zero attached hydrogens (tertiary/aromatic N) is 1. The van der Waals surface area contributed by atoms with Gasteiger partial charge in [-0.2, -0.15) is 0 Å². The van der Waals surface area contributed by atoms with Crippen LogP contribution < -0.4 is 4.90 Å². The van der Waals surface area contributed by atoms with Crippen LogP contribution in [-0.2, 0) is 27.1 Å². The molecular formula is C73H63N. The van der Waals surface area contributed by atoms with Crippen molar-refractivity contribution in [3.63, 3.8) is 0 Å². The van der Waals surface area contributed by atoms with E-state index in [0.29, 0.717) is 0 Å². The number of rotatable bonds is 7. The van der Waals surface area contributed by atoms with Crippen molar-refractivity contribution in [2.75, 3.05) is 4.90 Å². The van der Waals surface area contributed by atoms with Crippen LogP contribution in [-0.4, -0.2) is 0 Å². The van der Waals surface area contributed by atoms with E-state index < -0.39 is 10.8 Å². The van der Waals surface area contributed by atoms with Crippen LogP contribution in [0.1, 0.15) is 122 Å². The van der Waals surface area contributed by atoms with Crippen LogP contribution in [0.15, 0.2) is 237 Å². The molecular weight excluding hydrogens is 891 g/mol. The fourth-order valence-electron chi connectivity index (χ4n) is 13.5. The summed E-state index contributed by atoms with van der Waals surface area (Å²) in [6.45, 7) is 18.6. The van der Waals surface area contributed by atoms with Crippen molar-refractivity contribution in [1.29, 1.82) is 0 Å². The third kappa shape index (κ3) is 6.61. The Bertz CT molecular complexity index is 3610. The van der Waals surface area contributed by atoms with Crippen molar-refractivity contribution < 1.29 is 0 Å². The fraction of sp³-hybridized carbons (Fsp3) is 0.178. The van der Waals surface area contributed by atoms with Gasteiger partial charge in [0.15, 0.2) is 0 Å². The molecule has 0 aromatic heterocycles. The van der Waals surface area contributed by atoms with Gasteiger partial charge in [-0.15, -0.1) is 0 Å². The molecule has 0 N–H and O–H groups in total. The zero-order valence-corrected chi connectivity index (χ0v) is 44.0. The smallest absolute Gasteiger partial charge is 0.0714 e. The molecule has 0 saturated heterocycles. The Morgan fingerprint density at radius 1 is 0.270 bits per heavy atom. The minimum absolute atomic E-state index is 0.0224. The Hall–Kier alpha value is -8.00. The van der Waals surface area contributed by atoms with Crippen molar-refractivity contribution in [3.8, 4) is 33.4 Å². The van der Waals surface area contributed by atoms with Gasteiger partial charge in [0.1, 0.15) is 0 Å². The van der Waals surface area contributed by atoms with Gasteiger partial charge in [-0.3, -0.25) is 0 Å². The number of benzene rings is 10. The first-order valence-corrected chi connectivity index (χ1v) is 26.6. The molecule has 2 unspecified atom stereocenters. The average Bonchev–Trinajstić information content (AvgIpc) is 3.97. The summed E-state index contributed by atoms with van der Waals surface area (Å²) in [7, 11) is 0. The highest BCUT2D eigenvalue weighted by Gasteiger charge is 2.49. The van der Waals surface area contributed by atoms with Crippen molar-refractivity contribution in [2.45, 2.75) is 82.5 Å². The lowest BCUT2D eigenvalue weighted by Crippen LogP contribution is -2.29. The van der Waals surface area contributed by atoms with Gasteiger partial charge in [0, 0.05) is 22.5 Å². The Morgan fingerprint density at radius 2 is 0.568 bits per heavy atom. The van der Waals surface area contributed by atoms with Gasteiger partial charge in [-0.05, 0) is 147 Å². The molecule has 0 fully saturated rings. The third-order valence-electron chi connectivity index (χ3n) is 17.2. The quantitative estimate of drug-likeness (QED) is 0.154. The number of anilines is 3.